The van der Waals surface area contributed by atoms with Gasteiger partial charge in [-0.05, 0) is 31.5 Å². The minimum Gasteiger partial charge on any atom is -0.324 e. The lowest BCUT2D eigenvalue weighted by Gasteiger charge is -2.06. The van der Waals surface area contributed by atoms with Crippen molar-refractivity contribution in [1.82, 2.24) is 9.78 Å². The first kappa shape index (κ1) is 11.2. The summed E-state index contributed by atoms with van der Waals surface area (Å²) in [7, 11) is 0. The van der Waals surface area contributed by atoms with Crippen molar-refractivity contribution in [2.45, 2.75) is 19.9 Å². The first-order chi connectivity index (χ1) is 7.58. The Labute approximate surface area is 99.8 Å². The van der Waals surface area contributed by atoms with Crippen LogP contribution in [-0.2, 0) is 0 Å². The molecule has 0 radical (unpaired) electrons. The van der Waals surface area contributed by atoms with E-state index in [1.54, 1.807) is 10.9 Å². The number of rotatable bonds is 2. The zero-order chi connectivity index (χ0) is 11.7. The zero-order valence-electron chi connectivity index (χ0n) is 9.31. The molecule has 0 bridgehead atoms. The second kappa shape index (κ2) is 4.28. The van der Waals surface area contributed by atoms with Crippen molar-refractivity contribution in [3.63, 3.8) is 0 Å². The largest absolute Gasteiger partial charge is 0.324 e. The lowest BCUT2D eigenvalue weighted by atomic mass is 10.1. The number of nitrogens with zero attached hydrogens (tertiary/aromatic N) is 2. The van der Waals surface area contributed by atoms with Crippen LogP contribution in [0.5, 0.6) is 0 Å². The Morgan fingerprint density at radius 2 is 1.94 bits per heavy atom. The Kier molecular flexibility index (Phi) is 2.99. The third kappa shape index (κ3) is 2.10. The summed E-state index contributed by atoms with van der Waals surface area (Å²) in [6, 6.07) is 8.04. The highest BCUT2D eigenvalue weighted by atomic mass is 35.5. The summed E-state index contributed by atoms with van der Waals surface area (Å²) >= 11 is 5.96. The van der Waals surface area contributed by atoms with Gasteiger partial charge < -0.3 is 5.73 Å². The average molecular weight is 236 g/mol. The predicted molar refractivity (Wildman–Crippen MR) is 65.9 cm³/mol. The van der Waals surface area contributed by atoms with E-state index in [0.717, 1.165) is 16.9 Å². The van der Waals surface area contributed by atoms with Crippen molar-refractivity contribution in [1.29, 1.82) is 0 Å². The van der Waals surface area contributed by atoms with Crippen molar-refractivity contribution in [3.8, 4) is 5.69 Å². The molecule has 4 heteroatoms. The smallest absolute Gasteiger partial charge is 0.0819 e. The van der Waals surface area contributed by atoms with Gasteiger partial charge in [0.05, 0.1) is 16.4 Å². The van der Waals surface area contributed by atoms with Gasteiger partial charge in [-0.3, -0.25) is 0 Å². The highest BCUT2D eigenvalue weighted by Gasteiger charge is 2.04. The third-order valence-electron chi connectivity index (χ3n) is 2.52. The lowest BCUT2D eigenvalue weighted by molar-refractivity contribution is 0.813. The van der Waals surface area contributed by atoms with E-state index in [9.17, 15) is 0 Å². The van der Waals surface area contributed by atoms with Crippen LogP contribution in [0.25, 0.3) is 5.69 Å². The molecule has 0 aliphatic heterocycles. The Morgan fingerprint density at radius 1 is 1.31 bits per heavy atom. The average Bonchev–Trinajstić information content (AvgIpc) is 2.59. The van der Waals surface area contributed by atoms with Gasteiger partial charge >= 0.3 is 0 Å². The van der Waals surface area contributed by atoms with Gasteiger partial charge in [-0.15, -0.1) is 0 Å². The molecule has 0 fully saturated rings. The van der Waals surface area contributed by atoms with Crippen molar-refractivity contribution in [3.05, 3.63) is 46.7 Å². The molecule has 2 N–H and O–H groups in total. The molecule has 84 valence electrons. The van der Waals surface area contributed by atoms with Crippen LogP contribution in [0.3, 0.4) is 0 Å². The fourth-order valence-electron chi connectivity index (χ4n) is 1.50. The van der Waals surface area contributed by atoms with Gasteiger partial charge in [-0.2, -0.15) is 5.10 Å². The van der Waals surface area contributed by atoms with E-state index in [-0.39, 0.29) is 6.04 Å². The van der Waals surface area contributed by atoms with Gasteiger partial charge in [0, 0.05) is 12.2 Å². The Bertz CT molecular complexity index is 466. The number of aromatic nitrogens is 2. The molecular formula is C12H14ClN3. The van der Waals surface area contributed by atoms with Gasteiger partial charge in [0.25, 0.3) is 0 Å². The van der Waals surface area contributed by atoms with Crippen molar-refractivity contribution in [2.75, 3.05) is 0 Å². The lowest BCUT2D eigenvalue weighted by Crippen LogP contribution is -2.05. The van der Waals surface area contributed by atoms with E-state index >= 15 is 0 Å². The van der Waals surface area contributed by atoms with E-state index in [0.29, 0.717) is 5.02 Å². The number of nitrogens with two attached hydrogens (primary N) is 1. The standard InChI is InChI=1S/C12H14ClN3/c1-8(14)10-3-5-11(6-4-10)16-7-12(13)9(2)15-16/h3-8H,14H2,1-2H3. The topological polar surface area (TPSA) is 43.8 Å². The Morgan fingerprint density at radius 3 is 2.38 bits per heavy atom. The monoisotopic (exact) mass is 235 g/mol. The van der Waals surface area contributed by atoms with Crippen molar-refractivity contribution >= 4 is 11.6 Å². The normalized spacial score (nSPS) is 12.8. The molecule has 0 amide bonds. The van der Waals surface area contributed by atoms with E-state index in [1.807, 2.05) is 38.1 Å². The highest BCUT2D eigenvalue weighted by molar-refractivity contribution is 6.31. The molecule has 1 atom stereocenters. The van der Waals surface area contributed by atoms with Crippen LogP contribution in [0, 0.1) is 6.92 Å². The molecular weight excluding hydrogens is 222 g/mol. The zero-order valence-corrected chi connectivity index (χ0v) is 10.1. The minimum absolute atomic E-state index is 0.0528. The summed E-state index contributed by atoms with van der Waals surface area (Å²) in [6.45, 7) is 3.85. The summed E-state index contributed by atoms with van der Waals surface area (Å²) < 4.78 is 1.77. The van der Waals surface area contributed by atoms with Crippen LogP contribution < -0.4 is 5.73 Å². The number of aryl methyl sites for hydroxylation is 1. The minimum atomic E-state index is 0.0528. The second-order valence-corrected chi connectivity index (χ2v) is 4.29. The summed E-state index contributed by atoms with van der Waals surface area (Å²) in [5.74, 6) is 0. The first-order valence-electron chi connectivity index (χ1n) is 5.15. The molecule has 1 heterocycles. The predicted octanol–water partition coefficient (Wildman–Crippen LogP) is 2.85. The molecule has 0 spiro atoms. The van der Waals surface area contributed by atoms with Crippen LogP contribution in [0.2, 0.25) is 5.02 Å². The second-order valence-electron chi connectivity index (χ2n) is 3.89. The van der Waals surface area contributed by atoms with Gasteiger partial charge in [-0.1, -0.05) is 23.7 Å². The Hall–Kier alpha value is -1.32. The van der Waals surface area contributed by atoms with E-state index in [4.69, 9.17) is 17.3 Å². The molecule has 2 aromatic rings. The van der Waals surface area contributed by atoms with Crippen LogP contribution >= 0.6 is 11.6 Å². The fraction of sp³-hybridized carbons (Fsp3) is 0.250. The first-order valence-corrected chi connectivity index (χ1v) is 5.53. The molecule has 2 rings (SSSR count). The quantitative estimate of drug-likeness (QED) is 0.870. The third-order valence-corrected chi connectivity index (χ3v) is 2.89. The fourth-order valence-corrected chi connectivity index (χ4v) is 1.63. The van der Waals surface area contributed by atoms with Crippen LogP contribution in [0.4, 0.5) is 0 Å². The molecule has 1 aromatic heterocycles. The van der Waals surface area contributed by atoms with Crippen LogP contribution in [0.1, 0.15) is 24.2 Å². The molecule has 16 heavy (non-hydrogen) atoms. The van der Waals surface area contributed by atoms with Crippen LogP contribution in [-0.4, -0.2) is 9.78 Å². The Balaban J connectivity index is 2.34. The molecule has 0 saturated carbocycles. The molecule has 0 saturated heterocycles. The maximum atomic E-state index is 5.96. The van der Waals surface area contributed by atoms with E-state index in [2.05, 4.69) is 5.10 Å². The SMILES string of the molecule is Cc1nn(-c2ccc(C(C)N)cc2)cc1Cl. The maximum absolute atomic E-state index is 5.96. The van der Waals surface area contributed by atoms with Crippen molar-refractivity contribution < 1.29 is 0 Å². The molecule has 0 aliphatic carbocycles. The summed E-state index contributed by atoms with van der Waals surface area (Å²) in [6.07, 6.45) is 1.80. The van der Waals surface area contributed by atoms with Crippen LogP contribution in [0.15, 0.2) is 30.5 Å². The highest BCUT2D eigenvalue weighted by Crippen LogP contribution is 2.18. The summed E-state index contributed by atoms with van der Waals surface area (Å²) in [4.78, 5) is 0. The number of halogens is 1. The number of hydrogen-bond acceptors (Lipinski definition) is 2. The van der Waals surface area contributed by atoms with E-state index < -0.39 is 0 Å². The van der Waals surface area contributed by atoms with Gasteiger partial charge in [-0.25, -0.2) is 4.68 Å². The summed E-state index contributed by atoms with van der Waals surface area (Å²) in [5.41, 5.74) is 8.71. The van der Waals surface area contributed by atoms with Crippen molar-refractivity contribution in [2.24, 2.45) is 5.73 Å². The van der Waals surface area contributed by atoms with E-state index in [1.165, 1.54) is 0 Å². The van der Waals surface area contributed by atoms with Gasteiger partial charge in [0.15, 0.2) is 0 Å². The molecule has 1 aromatic carbocycles. The number of benzene rings is 1. The number of hydrogen-bond donors (Lipinski definition) is 1. The van der Waals surface area contributed by atoms with Gasteiger partial charge in [0.2, 0.25) is 0 Å². The maximum Gasteiger partial charge on any atom is 0.0819 e. The molecule has 3 nitrogen and oxygen atoms in total. The molecule has 0 aliphatic rings. The summed E-state index contributed by atoms with van der Waals surface area (Å²) in [5, 5.41) is 4.99. The van der Waals surface area contributed by atoms with Gasteiger partial charge in [0.1, 0.15) is 0 Å². The molecule has 1 unspecified atom stereocenters.